The molecule has 0 aromatic heterocycles. The first-order chi connectivity index (χ1) is 5.99. The lowest BCUT2D eigenvalue weighted by Gasteiger charge is -2.32. The van der Waals surface area contributed by atoms with Crippen molar-refractivity contribution in [3.05, 3.63) is 23.8 Å². The van der Waals surface area contributed by atoms with Gasteiger partial charge in [-0.1, -0.05) is 26.0 Å². The van der Waals surface area contributed by atoms with Crippen LogP contribution in [0.3, 0.4) is 0 Å². The first-order valence-corrected chi connectivity index (χ1v) is 4.86. The van der Waals surface area contributed by atoms with Gasteiger partial charge in [0.15, 0.2) is 5.78 Å². The summed E-state index contributed by atoms with van der Waals surface area (Å²) in [4.78, 5) is 11.6. The minimum atomic E-state index is 0.0492. The lowest BCUT2D eigenvalue weighted by atomic mass is 9.71. The van der Waals surface area contributed by atoms with E-state index < -0.39 is 0 Å². The summed E-state index contributed by atoms with van der Waals surface area (Å²) in [6.45, 7) is 9.91. The van der Waals surface area contributed by atoms with Crippen molar-refractivity contribution in [2.45, 2.75) is 40.0 Å². The van der Waals surface area contributed by atoms with Crippen LogP contribution in [0.25, 0.3) is 0 Å². The van der Waals surface area contributed by atoms with Gasteiger partial charge in [-0.3, -0.25) is 4.79 Å². The third-order valence-electron chi connectivity index (χ3n) is 2.89. The van der Waals surface area contributed by atoms with Gasteiger partial charge in [0, 0.05) is 5.57 Å². The Labute approximate surface area is 80.5 Å². The third kappa shape index (κ3) is 1.90. The Morgan fingerprint density at radius 3 is 2.62 bits per heavy atom. The number of allylic oxidation sites excluding steroid dienone is 3. The first-order valence-electron chi connectivity index (χ1n) is 4.86. The fourth-order valence-corrected chi connectivity index (χ4v) is 2.27. The quantitative estimate of drug-likeness (QED) is 0.593. The lowest BCUT2D eigenvalue weighted by molar-refractivity contribution is -0.112. The smallest absolute Gasteiger partial charge is 0.181 e. The van der Waals surface area contributed by atoms with Crippen LogP contribution in [0.1, 0.15) is 40.0 Å². The van der Waals surface area contributed by atoms with Crippen molar-refractivity contribution in [3.8, 4) is 0 Å². The van der Waals surface area contributed by atoms with Gasteiger partial charge in [-0.2, -0.15) is 0 Å². The van der Waals surface area contributed by atoms with Gasteiger partial charge in [0.05, 0.1) is 0 Å². The van der Waals surface area contributed by atoms with Crippen LogP contribution in [0.4, 0.5) is 0 Å². The fourth-order valence-electron chi connectivity index (χ4n) is 2.27. The van der Waals surface area contributed by atoms with Crippen molar-refractivity contribution in [3.63, 3.8) is 0 Å². The second-order valence-corrected chi connectivity index (χ2v) is 4.46. The molecule has 0 bridgehead atoms. The number of carbonyl (C=O) groups is 1. The van der Waals surface area contributed by atoms with E-state index in [4.69, 9.17) is 0 Å². The molecular weight excluding hydrogens is 160 g/mol. The van der Waals surface area contributed by atoms with Crippen LogP contribution >= 0.6 is 0 Å². The third-order valence-corrected chi connectivity index (χ3v) is 2.89. The van der Waals surface area contributed by atoms with Crippen LogP contribution < -0.4 is 0 Å². The summed E-state index contributed by atoms with van der Waals surface area (Å²) in [5, 5.41) is 0. The monoisotopic (exact) mass is 178 g/mol. The molecule has 0 saturated carbocycles. The highest BCUT2D eigenvalue weighted by atomic mass is 16.1. The lowest BCUT2D eigenvalue weighted by Crippen LogP contribution is -2.25. The maximum Gasteiger partial charge on any atom is 0.181 e. The van der Waals surface area contributed by atoms with Crippen LogP contribution in [0.5, 0.6) is 0 Å². The molecule has 72 valence electrons. The molecule has 0 spiro atoms. The van der Waals surface area contributed by atoms with Crippen LogP contribution in [-0.2, 0) is 4.79 Å². The Hall–Kier alpha value is -0.850. The predicted molar refractivity (Wildman–Crippen MR) is 55.5 cm³/mol. The van der Waals surface area contributed by atoms with Crippen molar-refractivity contribution < 1.29 is 4.79 Å². The zero-order chi connectivity index (χ0) is 10.1. The normalized spacial score (nSPS) is 21.5. The zero-order valence-electron chi connectivity index (χ0n) is 8.81. The van der Waals surface area contributed by atoms with Gasteiger partial charge in [-0.25, -0.2) is 0 Å². The molecule has 0 aromatic rings. The van der Waals surface area contributed by atoms with Gasteiger partial charge in [-0.15, -0.1) is 0 Å². The molecule has 0 amide bonds. The molecule has 0 aliphatic heterocycles. The Kier molecular flexibility index (Phi) is 2.74. The number of carbonyl (C=O) groups excluding carboxylic acids is 1. The highest BCUT2D eigenvalue weighted by molar-refractivity contribution is 6.05. The molecule has 1 rings (SSSR count). The molecule has 1 aliphatic rings. The van der Waals surface area contributed by atoms with Crippen molar-refractivity contribution in [2.75, 3.05) is 0 Å². The zero-order valence-corrected chi connectivity index (χ0v) is 8.81. The molecule has 1 aliphatic carbocycles. The van der Waals surface area contributed by atoms with Gasteiger partial charge < -0.3 is 0 Å². The molecule has 0 unspecified atom stereocenters. The minimum absolute atomic E-state index is 0.0492. The summed E-state index contributed by atoms with van der Waals surface area (Å²) in [5.74, 6) is 0.113. The maximum atomic E-state index is 11.6. The van der Waals surface area contributed by atoms with E-state index in [1.807, 2.05) is 0 Å². The average molecular weight is 178 g/mol. The van der Waals surface area contributed by atoms with Gasteiger partial charge in [0.2, 0.25) is 0 Å². The van der Waals surface area contributed by atoms with Gasteiger partial charge in [-0.05, 0) is 37.7 Å². The summed E-state index contributed by atoms with van der Waals surface area (Å²) in [6, 6.07) is 0. The van der Waals surface area contributed by atoms with E-state index in [1.165, 1.54) is 18.1 Å². The van der Waals surface area contributed by atoms with Crippen molar-refractivity contribution in [1.29, 1.82) is 0 Å². The Bertz CT molecular complexity index is 269. The predicted octanol–water partition coefficient (Wildman–Crippen LogP) is 3.27. The van der Waals surface area contributed by atoms with E-state index in [2.05, 4.69) is 27.4 Å². The fraction of sp³-hybridized carbons (Fsp3) is 0.583. The Morgan fingerprint density at radius 1 is 1.54 bits per heavy atom. The largest absolute Gasteiger partial charge is 0.290 e. The summed E-state index contributed by atoms with van der Waals surface area (Å²) in [5.41, 5.74) is 2.29. The van der Waals surface area contributed by atoms with Crippen LogP contribution in [0.2, 0.25) is 0 Å². The first kappa shape index (κ1) is 10.2. The van der Waals surface area contributed by atoms with Crippen LogP contribution in [0, 0.1) is 5.41 Å². The molecule has 0 radical (unpaired) electrons. The molecule has 0 saturated heterocycles. The summed E-state index contributed by atoms with van der Waals surface area (Å²) in [6.07, 6.45) is 4.82. The van der Waals surface area contributed by atoms with E-state index in [-0.39, 0.29) is 11.2 Å². The molecule has 1 heteroatoms. The molecule has 0 atom stereocenters. The van der Waals surface area contributed by atoms with E-state index in [0.717, 1.165) is 18.4 Å². The molecule has 0 aromatic carbocycles. The van der Waals surface area contributed by atoms with E-state index in [9.17, 15) is 4.79 Å². The molecule has 0 fully saturated rings. The average Bonchev–Trinajstić information content (AvgIpc) is 2.02. The summed E-state index contributed by atoms with van der Waals surface area (Å²) >= 11 is 0. The highest BCUT2D eigenvalue weighted by Gasteiger charge is 2.31. The summed E-state index contributed by atoms with van der Waals surface area (Å²) in [7, 11) is 0. The van der Waals surface area contributed by atoms with Gasteiger partial charge in [0.1, 0.15) is 0 Å². The minimum Gasteiger partial charge on any atom is -0.290 e. The Morgan fingerprint density at radius 2 is 2.15 bits per heavy atom. The molecule has 13 heavy (non-hydrogen) atoms. The molecular formula is C12H18O. The van der Waals surface area contributed by atoms with Crippen LogP contribution in [0.15, 0.2) is 23.8 Å². The second-order valence-electron chi connectivity index (χ2n) is 4.46. The van der Waals surface area contributed by atoms with E-state index in [1.54, 1.807) is 0 Å². The van der Waals surface area contributed by atoms with Gasteiger partial charge >= 0.3 is 0 Å². The SMILES string of the molecule is C=CC(=O)C1=C(C)CCCC1(C)C. The molecule has 0 N–H and O–H groups in total. The summed E-state index contributed by atoms with van der Waals surface area (Å²) < 4.78 is 0. The number of hydrogen-bond acceptors (Lipinski definition) is 1. The number of ketones is 1. The second kappa shape index (κ2) is 3.49. The Balaban J connectivity index is 3.12. The van der Waals surface area contributed by atoms with Crippen molar-refractivity contribution >= 4 is 5.78 Å². The molecule has 0 heterocycles. The number of rotatable bonds is 2. The standard InChI is InChI=1S/C12H18O/c1-5-10(13)11-9(2)7-6-8-12(11,3)4/h5H,1,6-8H2,2-4H3. The maximum absolute atomic E-state index is 11.6. The topological polar surface area (TPSA) is 17.1 Å². The van der Waals surface area contributed by atoms with Gasteiger partial charge in [0.25, 0.3) is 0 Å². The number of hydrogen-bond donors (Lipinski definition) is 0. The van der Waals surface area contributed by atoms with E-state index in [0.29, 0.717) is 0 Å². The highest BCUT2D eigenvalue weighted by Crippen LogP contribution is 2.40. The van der Waals surface area contributed by atoms with Crippen molar-refractivity contribution in [1.82, 2.24) is 0 Å². The molecule has 1 nitrogen and oxygen atoms in total. The van der Waals surface area contributed by atoms with E-state index >= 15 is 0 Å². The van der Waals surface area contributed by atoms with Crippen molar-refractivity contribution in [2.24, 2.45) is 5.41 Å². The van der Waals surface area contributed by atoms with Crippen LogP contribution in [-0.4, -0.2) is 5.78 Å².